The van der Waals surface area contributed by atoms with Crippen LogP contribution in [-0.2, 0) is 16.1 Å². The van der Waals surface area contributed by atoms with E-state index < -0.39 is 11.8 Å². The Labute approximate surface area is 147 Å². The van der Waals surface area contributed by atoms with E-state index in [1.807, 2.05) is 0 Å². The number of nitrogens with one attached hydrogen (secondary N) is 1. The van der Waals surface area contributed by atoms with E-state index >= 15 is 0 Å². The number of ether oxygens (including phenoxy) is 1. The van der Waals surface area contributed by atoms with E-state index in [-0.39, 0.29) is 36.6 Å². The third-order valence-corrected chi connectivity index (χ3v) is 3.75. The lowest BCUT2D eigenvalue weighted by atomic mass is 10.1. The van der Waals surface area contributed by atoms with E-state index in [4.69, 9.17) is 4.74 Å². The standard InChI is InChI=1S/C19H15FN2O4/c20-13-7-5-12(6-8-13)16(23)9-10-18(24)26-11-17-21-15-4-2-1-3-14(15)19(25)22-17/h1-8H,9-11H2,(H,21,22,25). The van der Waals surface area contributed by atoms with Crippen LogP contribution in [0.15, 0.2) is 53.3 Å². The largest absolute Gasteiger partial charge is 0.458 e. The first-order valence-electron chi connectivity index (χ1n) is 7.95. The molecule has 0 fully saturated rings. The molecule has 0 radical (unpaired) electrons. The number of aromatic amines is 1. The van der Waals surface area contributed by atoms with Crippen molar-refractivity contribution in [1.82, 2.24) is 9.97 Å². The van der Waals surface area contributed by atoms with Gasteiger partial charge in [0.2, 0.25) is 0 Å². The molecule has 0 saturated carbocycles. The van der Waals surface area contributed by atoms with Crippen molar-refractivity contribution < 1.29 is 18.7 Å². The van der Waals surface area contributed by atoms with Gasteiger partial charge in [-0.05, 0) is 36.4 Å². The Bertz CT molecular complexity index is 1010. The van der Waals surface area contributed by atoms with Crippen LogP contribution in [0.4, 0.5) is 4.39 Å². The summed E-state index contributed by atoms with van der Waals surface area (Å²) in [5, 5.41) is 0.451. The number of para-hydroxylation sites is 1. The predicted octanol–water partition coefficient (Wildman–Crippen LogP) is 2.77. The molecule has 1 N–H and O–H groups in total. The average Bonchev–Trinajstić information content (AvgIpc) is 2.65. The predicted molar refractivity (Wildman–Crippen MR) is 92.1 cm³/mol. The van der Waals surface area contributed by atoms with Gasteiger partial charge in [0.15, 0.2) is 5.78 Å². The van der Waals surface area contributed by atoms with Gasteiger partial charge in [-0.1, -0.05) is 12.1 Å². The number of aromatic nitrogens is 2. The van der Waals surface area contributed by atoms with Gasteiger partial charge in [0.05, 0.1) is 17.3 Å². The van der Waals surface area contributed by atoms with Crippen LogP contribution < -0.4 is 5.56 Å². The lowest BCUT2D eigenvalue weighted by Crippen LogP contribution is -2.15. The SMILES string of the molecule is O=C(CCC(=O)c1ccc(F)cc1)OCc1nc2ccccc2c(=O)[nH]1. The minimum Gasteiger partial charge on any atom is -0.458 e. The molecule has 0 spiro atoms. The summed E-state index contributed by atoms with van der Waals surface area (Å²) in [7, 11) is 0. The molecule has 1 aromatic heterocycles. The number of ketones is 1. The Morgan fingerprint density at radius 3 is 2.54 bits per heavy atom. The number of fused-ring (bicyclic) bond motifs is 1. The molecule has 132 valence electrons. The number of carbonyl (C=O) groups excluding carboxylic acids is 2. The number of hydrogen-bond acceptors (Lipinski definition) is 5. The van der Waals surface area contributed by atoms with Gasteiger partial charge in [-0.25, -0.2) is 9.37 Å². The first-order valence-corrected chi connectivity index (χ1v) is 7.95. The van der Waals surface area contributed by atoms with Crippen molar-refractivity contribution in [2.45, 2.75) is 19.4 Å². The molecular formula is C19H15FN2O4. The summed E-state index contributed by atoms with van der Waals surface area (Å²) in [6.07, 6.45) is -0.167. The maximum absolute atomic E-state index is 12.8. The van der Waals surface area contributed by atoms with Crippen molar-refractivity contribution in [3.63, 3.8) is 0 Å². The van der Waals surface area contributed by atoms with E-state index in [1.54, 1.807) is 24.3 Å². The lowest BCUT2D eigenvalue weighted by molar-refractivity contribution is -0.145. The highest BCUT2D eigenvalue weighted by atomic mass is 19.1. The van der Waals surface area contributed by atoms with Crippen molar-refractivity contribution in [3.05, 3.63) is 76.1 Å². The van der Waals surface area contributed by atoms with Crippen LogP contribution in [0.25, 0.3) is 10.9 Å². The second kappa shape index (κ2) is 7.69. The molecule has 26 heavy (non-hydrogen) atoms. The Balaban J connectivity index is 1.55. The quantitative estimate of drug-likeness (QED) is 0.543. The summed E-state index contributed by atoms with van der Waals surface area (Å²) in [5.41, 5.74) is 0.529. The number of hydrogen-bond donors (Lipinski definition) is 1. The molecule has 3 aromatic rings. The Morgan fingerprint density at radius 2 is 1.77 bits per heavy atom. The highest BCUT2D eigenvalue weighted by molar-refractivity contribution is 5.97. The molecule has 0 aliphatic carbocycles. The van der Waals surface area contributed by atoms with Crippen LogP contribution >= 0.6 is 0 Å². The number of rotatable bonds is 6. The Morgan fingerprint density at radius 1 is 1.04 bits per heavy atom. The maximum Gasteiger partial charge on any atom is 0.306 e. The van der Waals surface area contributed by atoms with Gasteiger partial charge in [-0.15, -0.1) is 0 Å². The van der Waals surface area contributed by atoms with Crippen molar-refractivity contribution in [3.8, 4) is 0 Å². The third kappa shape index (κ3) is 4.18. The topological polar surface area (TPSA) is 89.1 Å². The second-order valence-corrected chi connectivity index (χ2v) is 5.62. The molecule has 6 nitrogen and oxygen atoms in total. The van der Waals surface area contributed by atoms with Crippen molar-refractivity contribution in [1.29, 1.82) is 0 Å². The van der Waals surface area contributed by atoms with E-state index in [0.717, 1.165) is 0 Å². The maximum atomic E-state index is 12.8. The van der Waals surface area contributed by atoms with E-state index in [2.05, 4.69) is 9.97 Å². The van der Waals surface area contributed by atoms with E-state index in [0.29, 0.717) is 16.5 Å². The fourth-order valence-electron chi connectivity index (χ4n) is 2.42. The van der Waals surface area contributed by atoms with Gasteiger partial charge < -0.3 is 9.72 Å². The van der Waals surface area contributed by atoms with Gasteiger partial charge in [0, 0.05) is 12.0 Å². The minimum atomic E-state index is -0.587. The first-order chi connectivity index (χ1) is 12.5. The number of H-pyrrole nitrogens is 1. The van der Waals surface area contributed by atoms with Crippen molar-refractivity contribution in [2.75, 3.05) is 0 Å². The van der Waals surface area contributed by atoms with Crippen molar-refractivity contribution >= 4 is 22.7 Å². The van der Waals surface area contributed by atoms with E-state index in [9.17, 15) is 18.8 Å². The van der Waals surface area contributed by atoms with Crippen molar-refractivity contribution in [2.24, 2.45) is 0 Å². The highest BCUT2D eigenvalue weighted by Crippen LogP contribution is 2.09. The van der Waals surface area contributed by atoms with Gasteiger partial charge in [0.25, 0.3) is 5.56 Å². The summed E-state index contributed by atoms with van der Waals surface area (Å²) >= 11 is 0. The van der Waals surface area contributed by atoms with Crippen LogP contribution in [0.1, 0.15) is 29.0 Å². The molecule has 2 aromatic carbocycles. The number of benzene rings is 2. The molecule has 0 atom stereocenters. The third-order valence-electron chi connectivity index (χ3n) is 3.75. The number of halogens is 1. The zero-order chi connectivity index (χ0) is 18.5. The minimum absolute atomic E-state index is 0.0495. The van der Waals surface area contributed by atoms with Crippen LogP contribution in [0.3, 0.4) is 0 Å². The smallest absolute Gasteiger partial charge is 0.306 e. The molecule has 0 amide bonds. The monoisotopic (exact) mass is 354 g/mol. The summed E-state index contributed by atoms with van der Waals surface area (Å²) < 4.78 is 17.9. The van der Waals surface area contributed by atoms with Gasteiger partial charge >= 0.3 is 5.97 Å². The fraction of sp³-hybridized carbons (Fsp3) is 0.158. The molecule has 0 unspecified atom stereocenters. The first kappa shape index (κ1) is 17.5. The summed E-state index contributed by atoms with van der Waals surface area (Å²) in [6, 6.07) is 11.9. The molecule has 0 saturated heterocycles. The van der Waals surface area contributed by atoms with Gasteiger partial charge in [-0.2, -0.15) is 0 Å². The number of Topliss-reactive ketones (excluding diaryl/α,β-unsaturated/α-hetero) is 1. The Hall–Kier alpha value is -3.35. The fourth-order valence-corrected chi connectivity index (χ4v) is 2.42. The normalized spacial score (nSPS) is 10.7. The zero-order valence-corrected chi connectivity index (χ0v) is 13.7. The number of nitrogens with zero attached hydrogens (tertiary/aromatic N) is 1. The second-order valence-electron chi connectivity index (χ2n) is 5.62. The molecule has 1 heterocycles. The molecule has 0 bridgehead atoms. The molecule has 3 rings (SSSR count). The zero-order valence-electron chi connectivity index (χ0n) is 13.7. The summed E-state index contributed by atoms with van der Waals surface area (Å²) in [4.78, 5) is 42.4. The van der Waals surface area contributed by atoms with Gasteiger partial charge in [-0.3, -0.25) is 14.4 Å². The van der Waals surface area contributed by atoms with Gasteiger partial charge in [0.1, 0.15) is 18.2 Å². The molecule has 7 heteroatoms. The lowest BCUT2D eigenvalue weighted by Gasteiger charge is -2.05. The number of carbonyl (C=O) groups is 2. The summed E-state index contributed by atoms with van der Waals surface area (Å²) in [5.74, 6) is -1.07. The molecule has 0 aliphatic heterocycles. The molecule has 0 aliphatic rings. The van der Waals surface area contributed by atoms with Crippen LogP contribution in [-0.4, -0.2) is 21.7 Å². The molecular weight excluding hydrogens is 339 g/mol. The van der Waals surface area contributed by atoms with Crippen LogP contribution in [0.5, 0.6) is 0 Å². The number of esters is 1. The van der Waals surface area contributed by atoms with Crippen LogP contribution in [0.2, 0.25) is 0 Å². The highest BCUT2D eigenvalue weighted by Gasteiger charge is 2.11. The van der Waals surface area contributed by atoms with Crippen LogP contribution in [0, 0.1) is 5.82 Å². The Kier molecular flexibility index (Phi) is 5.17. The van der Waals surface area contributed by atoms with E-state index in [1.165, 1.54) is 24.3 Å². The summed E-state index contributed by atoms with van der Waals surface area (Å²) in [6.45, 7) is -0.191. The average molecular weight is 354 g/mol.